The standard InChI is InChI=1S/C15H23FN2O2.ClH/c1-2-3-4-13(11-17)18-15(19)9-10-20-14-7-5-12(16)6-8-14;/h5-8,13H,2-4,9-11,17H2,1H3,(H,18,19);1H. The summed E-state index contributed by atoms with van der Waals surface area (Å²) in [5.74, 6) is 0.177. The second-order valence-electron chi connectivity index (χ2n) is 4.69. The van der Waals surface area contributed by atoms with Crippen molar-refractivity contribution in [1.29, 1.82) is 0 Å². The van der Waals surface area contributed by atoms with Gasteiger partial charge in [0.1, 0.15) is 11.6 Å². The highest BCUT2D eigenvalue weighted by Crippen LogP contribution is 2.11. The van der Waals surface area contributed by atoms with E-state index in [2.05, 4.69) is 12.2 Å². The van der Waals surface area contributed by atoms with Gasteiger partial charge in [-0.1, -0.05) is 19.8 Å². The number of nitrogens with two attached hydrogens (primary N) is 1. The average molecular weight is 319 g/mol. The van der Waals surface area contributed by atoms with Crippen LogP contribution in [0.15, 0.2) is 24.3 Å². The summed E-state index contributed by atoms with van der Waals surface area (Å²) in [7, 11) is 0. The Labute approximate surface area is 131 Å². The molecular formula is C15H24ClFN2O2. The molecule has 3 N–H and O–H groups in total. The lowest BCUT2D eigenvalue weighted by molar-refractivity contribution is -0.122. The summed E-state index contributed by atoms with van der Waals surface area (Å²) in [5.41, 5.74) is 5.61. The first kappa shape index (κ1) is 19.7. The lowest BCUT2D eigenvalue weighted by Crippen LogP contribution is -2.40. The maximum atomic E-state index is 12.7. The van der Waals surface area contributed by atoms with E-state index in [1.165, 1.54) is 24.3 Å². The van der Waals surface area contributed by atoms with Crippen molar-refractivity contribution in [3.05, 3.63) is 30.1 Å². The maximum Gasteiger partial charge on any atom is 0.223 e. The molecular weight excluding hydrogens is 295 g/mol. The van der Waals surface area contributed by atoms with Gasteiger partial charge < -0.3 is 15.8 Å². The van der Waals surface area contributed by atoms with Gasteiger partial charge in [0.15, 0.2) is 0 Å². The Balaban J connectivity index is 0.00000400. The molecule has 0 aliphatic carbocycles. The van der Waals surface area contributed by atoms with Gasteiger partial charge in [0, 0.05) is 12.6 Å². The van der Waals surface area contributed by atoms with Crippen LogP contribution < -0.4 is 15.8 Å². The number of unbranched alkanes of at least 4 members (excludes halogenated alkanes) is 1. The minimum absolute atomic E-state index is 0. The van der Waals surface area contributed by atoms with E-state index in [1.54, 1.807) is 0 Å². The molecule has 1 unspecified atom stereocenters. The van der Waals surface area contributed by atoms with Crippen molar-refractivity contribution < 1.29 is 13.9 Å². The number of carbonyl (C=O) groups excluding carboxylic acids is 1. The van der Waals surface area contributed by atoms with Gasteiger partial charge in [-0.3, -0.25) is 4.79 Å². The molecule has 0 fully saturated rings. The summed E-state index contributed by atoms with van der Waals surface area (Å²) < 4.78 is 18.1. The molecule has 6 heteroatoms. The molecule has 0 heterocycles. The molecule has 0 saturated carbocycles. The molecule has 1 aromatic rings. The Morgan fingerprint density at radius 3 is 2.62 bits per heavy atom. The molecule has 0 saturated heterocycles. The van der Waals surface area contributed by atoms with Gasteiger partial charge >= 0.3 is 0 Å². The molecule has 0 aliphatic heterocycles. The largest absolute Gasteiger partial charge is 0.493 e. The van der Waals surface area contributed by atoms with Crippen molar-refractivity contribution in [2.45, 2.75) is 38.6 Å². The Morgan fingerprint density at radius 1 is 1.38 bits per heavy atom. The zero-order chi connectivity index (χ0) is 14.8. The fourth-order valence-electron chi connectivity index (χ4n) is 1.79. The lowest BCUT2D eigenvalue weighted by Gasteiger charge is -2.16. The first-order valence-electron chi connectivity index (χ1n) is 7.03. The number of rotatable bonds is 9. The Morgan fingerprint density at radius 2 is 2.05 bits per heavy atom. The summed E-state index contributed by atoms with van der Waals surface area (Å²) in [6.07, 6.45) is 3.30. The van der Waals surface area contributed by atoms with Crippen LogP contribution in [0.25, 0.3) is 0 Å². The maximum absolute atomic E-state index is 12.7. The third-order valence-electron chi connectivity index (χ3n) is 2.97. The van der Waals surface area contributed by atoms with E-state index in [4.69, 9.17) is 10.5 Å². The molecule has 120 valence electrons. The number of nitrogens with one attached hydrogen (secondary N) is 1. The quantitative estimate of drug-likeness (QED) is 0.735. The monoisotopic (exact) mass is 318 g/mol. The Hall–Kier alpha value is -1.33. The number of ether oxygens (including phenoxy) is 1. The predicted octanol–water partition coefficient (Wildman–Crippen LogP) is 2.65. The van der Waals surface area contributed by atoms with Gasteiger partial charge in [-0.15, -0.1) is 12.4 Å². The fourth-order valence-corrected chi connectivity index (χ4v) is 1.79. The van der Waals surface area contributed by atoms with Crippen molar-refractivity contribution in [1.82, 2.24) is 5.32 Å². The zero-order valence-electron chi connectivity index (χ0n) is 12.3. The van der Waals surface area contributed by atoms with E-state index in [9.17, 15) is 9.18 Å². The highest BCUT2D eigenvalue weighted by Gasteiger charge is 2.10. The summed E-state index contributed by atoms with van der Waals surface area (Å²) in [5, 5.41) is 2.89. The highest BCUT2D eigenvalue weighted by atomic mass is 35.5. The number of benzene rings is 1. The van der Waals surface area contributed by atoms with Crippen LogP contribution in [0, 0.1) is 5.82 Å². The molecule has 1 aromatic carbocycles. The molecule has 21 heavy (non-hydrogen) atoms. The minimum Gasteiger partial charge on any atom is -0.493 e. The highest BCUT2D eigenvalue weighted by molar-refractivity contribution is 5.85. The van der Waals surface area contributed by atoms with Gasteiger partial charge in [-0.2, -0.15) is 0 Å². The smallest absolute Gasteiger partial charge is 0.223 e. The van der Waals surface area contributed by atoms with E-state index < -0.39 is 0 Å². The third kappa shape index (κ3) is 8.52. The number of carbonyl (C=O) groups is 1. The first-order chi connectivity index (χ1) is 9.65. The summed E-state index contributed by atoms with van der Waals surface area (Å²) in [6.45, 7) is 2.82. The first-order valence-corrected chi connectivity index (χ1v) is 7.03. The van der Waals surface area contributed by atoms with E-state index in [1.807, 2.05) is 0 Å². The molecule has 1 amide bonds. The number of hydrogen-bond donors (Lipinski definition) is 2. The van der Waals surface area contributed by atoms with Crippen LogP contribution in [0.5, 0.6) is 5.75 Å². The van der Waals surface area contributed by atoms with Gasteiger partial charge in [0.2, 0.25) is 5.91 Å². The van der Waals surface area contributed by atoms with Crippen molar-refractivity contribution in [3.63, 3.8) is 0 Å². The van der Waals surface area contributed by atoms with Crippen molar-refractivity contribution >= 4 is 18.3 Å². The minimum atomic E-state index is -0.309. The Kier molecular flexibility index (Phi) is 10.6. The summed E-state index contributed by atoms with van der Waals surface area (Å²) in [6, 6.07) is 5.76. The van der Waals surface area contributed by atoms with Gasteiger partial charge in [-0.25, -0.2) is 4.39 Å². The van der Waals surface area contributed by atoms with Crippen molar-refractivity contribution in [3.8, 4) is 5.75 Å². The molecule has 0 aromatic heterocycles. The van der Waals surface area contributed by atoms with Crippen LogP contribution in [-0.2, 0) is 4.79 Å². The number of amides is 1. The van der Waals surface area contributed by atoms with E-state index in [-0.39, 0.29) is 43.2 Å². The Bertz CT molecular complexity index is 401. The van der Waals surface area contributed by atoms with Gasteiger partial charge in [-0.05, 0) is 30.7 Å². The molecule has 1 rings (SSSR count). The molecule has 1 atom stereocenters. The number of hydrogen-bond acceptors (Lipinski definition) is 3. The van der Waals surface area contributed by atoms with Crippen LogP contribution in [-0.4, -0.2) is 25.1 Å². The normalized spacial score (nSPS) is 11.4. The van der Waals surface area contributed by atoms with Gasteiger partial charge in [0.25, 0.3) is 0 Å². The van der Waals surface area contributed by atoms with E-state index >= 15 is 0 Å². The van der Waals surface area contributed by atoms with Crippen LogP contribution in [0.1, 0.15) is 32.6 Å². The van der Waals surface area contributed by atoms with Gasteiger partial charge in [0.05, 0.1) is 13.0 Å². The second kappa shape index (κ2) is 11.3. The SMILES string of the molecule is CCCCC(CN)NC(=O)CCOc1ccc(F)cc1.Cl. The molecule has 0 bridgehead atoms. The van der Waals surface area contributed by atoms with E-state index in [0.29, 0.717) is 12.3 Å². The zero-order valence-corrected chi connectivity index (χ0v) is 13.1. The topological polar surface area (TPSA) is 64.3 Å². The summed E-state index contributed by atoms with van der Waals surface area (Å²) >= 11 is 0. The van der Waals surface area contributed by atoms with E-state index in [0.717, 1.165) is 19.3 Å². The third-order valence-corrected chi connectivity index (χ3v) is 2.97. The van der Waals surface area contributed by atoms with Crippen molar-refractivity contribution in [2.24, 2.45) is 5.73 Å². The average Bonchev–Trinajstić information content (AvgIpc) is 2.45. The lowest BCUT2D eigenvalue weighted by atomic mass is 10.1. The van der Waals surface area contributed by atoms with Crippen LogP contribution in [0.3, 0.4) is 0 Å². The van der Waals surface area contributed by atoms with Crippen molar-refractivity contribution in [2.75, 3.05) is 13.2 Å². The fraction of sp³-hybridized carbons (Fsp3) is 0.533. The van der Waals surface area contributed by atoms with Crippen LogP contribution in [0.2, 0.25) is 0 Å². The van der Waals surface area contributed by atoms with Crippen LogP contribution in [0.4, 0.5) is 4.39 Å². The molecule has 0 spiro atoms. The molecule has 0 radical (unpaired) electrons. The molecule has 0 aliphatic rings. The summed E-state index contributed by atoms with van der Waals surface area (Å²) in [4.78, 5) is 11.7. The second-order valence-corrected chi connectivity index (χ2v) is 4.69. The predicted molar refractivity (Wildman–Crippen MR) is 84.3 cm³/mol. The van der Waals surface area contributed by atoms with Crippen LogP contribution >= 0.6 is 12.4 Å². The molecule has 4 nitrogen and oxygen atoms in total. The number of halogens is 2.